The van der Waals surface area contributed by atoms with Crippen LogP contribution in [0.3, 0.4) is 0 Å². The third-order valence-corrected chi connectivity index (χ3v) is 4.68. The van der Waals surface area contributed by atoms with E-state index in [0.29, 0.717) is 0 Å². The summed E-state index contributed by atoms with van der Waals surface area (Å²) in [5.41, 5.74) is 0. The fourth-order valence-corrected chi connectivity index (χ4v) is 3.30. The zero-order chi connectivity index (χ0) is 12.8. The maximum atomic E-state index is 3.78. The van der Waals surface area contributed by atoms with Gasteiger partial charge in [0.15, 0.2) is 0 Å². The molecule has 0 bridgehead atoms. The Labute approximate surface area is 114 Å². The van der Waals surface area contributed by atoms with Crippen molar-refractivity contribution < 1.29 is 0 Å². The molecule has 1 N–H and O–H groups in total. The third-order valence-electron chi connectivity index (χ3n) is 4.68. The van der Waals surface area contributed by atoms with Gasteiger partial charge in [0.25, 0.3) is 0 Å². The van der Waals surface area contributed by atoms with Crippen molar-refractivity contribution in [3.63, 3.8) is 0 Å². The Balaban J connectivity index is 1.66. The van der Waals surface area contributed by atoms with E-state index in [1.807, 2.05) is 0 Å². The molecular weight excluding hydrogens is 220 g/mol. The van der Waals surface area contributed by atoms with Crippen LogP contribution in [0.5, 0.6) is 0 Å². The van der Waals surface area contributed by atoms with E-state index in [1.165, 1.54) is 71.0 Å². The predicted octanol–water partition coefficient (Wildman–Crippen LogP) is 3.42. The zero-order valence-corrected chi connectivity index (χ0v) is 12.5. The van der Waals surface area contributed by atoms with Gasteiger partial charge in [-0.1, -0.05) is 26.7 Å². The average Bonchev–Trinajstić information content (AvgIpc) is 3.21. The van der Waals surface area contributed by atoms with Crippen LogP contribution in [0.2, 0.25) is 0 Å². The molecule has 0 amide bonds. The molecule has 0 atom stereocenters. The molecule has 0 spiro atoms. The highest BCUT2D eigenvalue weighted by atomic mass is 15.2. The fourth-order valence-electron chi connectivity index (χ4n) is 3.30. The molecule has 106 valence electrons. The second-order valence-corrected chi connectivity index (χ2v) is 6.39. The summed E-state index contributed by atoms with van der Waals surface area (Å²) in [4.78, 5) is 2.77. The van der Waals surface area contributed by atoms with Crippen LogP contribution in [0, 0.1) is 5.92 Å². The lowest BCUT2D eigenvalue weighted by atomic mass is 9.98. The molecule has 18 heavy (non-hydrogen) atoms. The number of hydrogen-bond donors (Lipinski definition) is 1. The second-order valence-electron chi connectivity index (χ2n) is 6.39. The SMILES string of the molecule is CCCC(CCC)N1CCC(NCC2CC2)CC1. The number of rotatable bonds is 8. The first-order valence-corrected chi connectivity index (χ1v) is 8.30. The van der Waals surface area contributed by atoms with Crippen LogP contribution in [0.1, 0.15) is 65.2 Å². The Bertz CT molecular complexity index is 211. The van der Waals surface area contributed by atoms with Crippen LogP contribution in [-0.4, -0.2) is 36.6 Å². The number of nitrogens with zero attached hydrogens (tertiary/aromatic N) is 1. The molecule has 1 aliphatic carbocycles. The Hall–Kier alpha value is -0.0800. The summed E-state index contributed by atoms with van der Waals surface area (Å²) < 4.78 is 0. The molecule has 1 aliphatic heterocycles. The van der Waals surface area contributed by atoms with Crippen LogP contribution in [0.15, 0.2) is 0 Å². The van der Waals surface area contributed by atoms with E-state index in [4.69, 9.17) is 0 Å². The summed E-state index contributed by atoms with van der Waals surface area (Å²) >= 11 is 0. The number of likely N-dealkylation sites (tertiary alicyclic amines) is 1. The van der Waals surface area contributed by atoms with E-state index < -0.39 is 0 Å². The molecule has 1 heterocycles. The smallest absolute Gasteiger partial charge is 0.00950 e. The van der Waals surface area contributed by atoms with Crippen LogP contribution in [0.4, 0.5) is 0 Å². The van der Waals surface area contributed by atoms with Crippen molar-refractivity contribution in [3.8, 4) is 0 Å². The van der Waals surface area contributed by atoms with Gasteiger partial charge >= 0.3 is 0 Å². The summed E-state index contributed by atoms with van der Waals surface area (Å²) in [7, 11) is 0. The van der Waals surface area contributed by atoms with Gasteiger partial charge in [-0.2, -0.15) is 0 Å². The first kappa shape index (κ1) is 14.3. The maximum Gasteiger partial charge on any atom is 0.00950 e. The van der Waals surface area contributed by atoms with Gasteiger partial charge in [-0.15, -0.1) is 0 Å². The van der Waals surface area contributed by atoms with Gasteiger partial charge in [0, 0.05) is 12.1 Å². The van der Waals surface area contributed by atoms with E-state index in [0.717, 1.165) is 18.0 Å². The van der Waals surface area contributed by atoms with Crippen molar-refractivity contribution >= 4 is 0 Å². The molecule has 1 saturated heterocycles. The van der Waals surface area contributed by atoms with Crippen molar-refractivity contribution in [2.45, 2.75) is 77.3 Å². The zero-order valence-electron chi connectivity index (χ0n) is 12.5. The molecule has 2 heteroatoms. The second kappa shape index (κ2) is 7.49. The lowest BCUT2D eigenvalue weighted by molar-refractivity contribution is 0.128. The molecule has 2 nitrogen and oxygen atoms in total. The topological polar surface area (TPSA) is 15.3 Å². The number of piperidine rings is 1. The van der Waals surface area contributed by atoms with E-state index in [9.17, 15) is 0 Å². The van der Waals surface area contributed by atoms with Gasteiger partial charge in [-0.05, 0) is 64.1 Å². The first-order chi connectivity index (χ1) is 8.83. The standard InChI is InChI=1S/C16H32N2/c1-3-5-16(6-4-2)18-11-9-15(10-12-18)17-13-14-7-8-14/h14-17H,3-13H2,1-2H3. The van der Waals surface area contributed by atoms with Gasteiger partial charge in [0.2, 0.25) is 0 Å². The Morgan fingerprint density at radius 1 is 1.00 bits per heavy atom. The quantitative estimate of drug-likeness (QED) is 0.712. The lowest BCUT2D eigenvalue weighted by Crippen LogP contribution is -2.47. The highest BCUT2D eigenvalue weighted by Gasteiger charge is 2.26. The molecule has 0 aromatic rings. The maximum absolute atomic E-state index is 3.78. The molecule has 2 aliphatic rings. The largest absolute Gasteiger partial charge is 0.314 e. The minimum Gasteiger partial charge on any atom is -0.314 e. The van der Waals surface area contributed by atoms with Gasteiger partial charge < -0.3 is 10.2 Å². The van der Waals surface area contributed by atoms with Crippen molar-refractivity contribution in [2.24, 2.45) is 5.92 Å². The van der Waals surface area contributed by atoms with Gasteiger partial charge in [0.05, 0.1) is 0 Å². The van der Waals surface area contributed by atoms with Gasteiger partial charge in [-0.3, -0.25) is 0 Å². The van der Waals surface area contributed by atoms with E-state index in [1.54, 1.807) is 0 Å². The Kier molecular flexibility index (Phi) is 5.97. The molecule has 2 fully saturated rings. The summed E-state index contributed by atoms with van der Waals surface area (Å²) in [5.74, 6) is 1.02. The van der Waals surface area contributed by atoms with Crippen molar-refractivity contribution in [2.75, 3.05) is 19.6 Å². The minimum atomic E-state index is 0.811. The van der Waals surface area contributed by atoms with E-state index in [2.05, 4.69) is 24.1 Å². The first-order valence-electron chi connectivity index (χ1n) is 8.30. The van der Waals surface area contributed by atoms with Crippen LogP contribution >= 0.6 is 0 Å². The van der Waals surface area contributed by atoms with Crippen LogP contribution in [0.25, 0.3) is 0 Å². The van der Waals surface area contributed by atoms with Gasteiger partial charge in [-0.25, -0.2) is 0 Å². The molecule has 0 radical (unpaired) electrons. The highest BCUT2D eigenvalue weighted by molar-refractivity contribution is 4.84. The summed E-state index contributed by atoms with van der Waals surface area (Å²) in [6.45, 7) is 8.59. The average molecular weight is 252 g/mol. The molecular formula is C16H32N2. The van der Waals surface area contributed by atoms with E-state index in [-0.39, 0.29) is 0 Å². The van der Waals surface area contributed by atoms with E-state index >= 15 is 0 Å². The Morgan fingerprint density at radius 2 is 1.61 bits per heavy atom. The predicted molar refractivity (Wildman–Crippen MR) is 78.9 cm³/mol. The molecule has 0 aromatic heterocycles. The normalized spacial score (nSPS) is 22.8. The summed E-state index contributed by atoms with van der Waals surface area (Å²) in [6.07, 6.45) is 11.2. The molecule has 2 rings (SSSR count). The number of hydrogen-bond acceptors (Lipinski definition) is 2. The lowest BCUT2D eigenvalue weighted by Gasteiger charge is -2.38. The van der Waals surface area contributed by atoms with Gasteiger partial charge in [0.1, 0.15) is 0 Å². The van der Waals surface area contributed by atoms with Crippen molar-refractivity contribution in [3.05, 3.63) is 0 Å². The van der Waals surface area contributed by atoms with Crippen molar-refractivity contribution in [1.29, 1.82) is 0 Å². The molecule has 1 saturated carbocycles. The molecule has 0 aromatic carbocycles. The monoisotopic (exact) mass is 252 g/mol. The van der Waals surface area contributed by atoms with Crippen LogP contribution < -0.4 is 5.32 Å². The minimum absolute atomic E-state index is 0.811. The fraction of sp³-hybridized carbons (Fsp3) is 1.00. The molecule has 0 unspecified atom stereocenters. The number of nitrogens with one attached hydrogen (secondary N) is 1. The summed E-state index contributed by atoms with van der Waals surface area (Å²) in [5, 5.41) is 3.78. The Morgan fingerprint density at radius 3 is 2.11 bits per heavy atom. The third kappa shape index (κ3) is 4.55. The highest BCUT2D eigenvalue weighted by Crippen LogP contribution is 2.28. The summed E-state index contributed by atoms with van der Waals surface area (Å²) in [6, 6.07) is 1.68. The van der Waals surface area contributed by atoms with Crippen LogP contribution in [-0.2, 0) is 0 Å². The van der Waals surface area contributed by atoms with Crippen molar-refractivity contribution in [1.82, 2.24) is 10.2 Å².